The third-order valence-electron chi connectivity index (χ3n) is 7.19. The fraction of sp³-hybridized carbons (Fsp3) is 0.161. The normalized spacial score (nSPS) is 14.5. The number of amides is 2. The Balaban J connectivity index is 1.55. The van der Waals surface area contributed by atoms with E-state index >= 15 is 0 Å². The lowest BCUT2D eigenvalue weighted by molar-refractivity contribution is 0.194. The average Bonchev–Trinajstić information content (AvgIpc) is 3.53. The van der Waals surface area contributed by atoms with Crippen LogP contribution in [0.1, 0.15) is 41.0 Å². The van der Waals surface area contributed by atoms with Gasteiger partial charge in [-0.1, -0.05) is 73.1 Å². The lowest BCUT2D eigenvalue weighted by Crippen LogP contribution is -2.38. The van der Waals surface area contributed by atoms with E-state index in [1.165, 1.54) is 0 Å². The highest BCUT2D eigenvalue weighted by Crippen LogP contribution is 2.39. The van der Waals surface area contributed by atoms with Crippen LogP contribution in [0.3, 0.4) is 0 Å². The molecule has 2 aromatic heterocycles. The Hall–Kier alpha value is -4.29. The van der Waals surface area contributed by atoms with E-state index in [-0.39, 0.29) is 12.1 Å². The summed E-state index contributed by atoms with van der Waals surface area (Å²) in [6.07, 6.45) is 2.81. The van der Waals surface area contributed by atoms with Crippen LogP contribution in [-0.4, -0.2) is 25.3 Å². The molecule has 5 aromatic rings. The Morgan fingerprint density at radius 1 is 0.974 bits per heavy atom. The van der Waals surface area contributed by atoms with E-state index in [4.69, 9.17) is 16.7 Å². The molecule has 1 unspecified atom stereocenters. The molecule has 6 rings (SSSR count). The van der Waals surface area contributed by atoms with E-state index in [1.54, 1.807) is 0 Å². The maximum atomic E-state index is 14.1. The second-order valence-electron chi connectivity index (χ2n) is 9.44. The molecular formula is C31H28ClN5O. The van der Waals surface area contributed by atoms with E-state index in [0.717, 1.165) is 46.0 Å². The number of hydrogen-bond acceptors (Lipinski definition) is 2. The molecule has 3 aromatic carbocycles. The standard InChI is InChI=1S/C31H28ClN5O/c1-3-26-24-20-36(31(38)33-27-17-10-16-25(32)21(27)2)29(22-12-6-4-7-13-22)28-18-11-19-35(28)30(24)37(34-26)23-14-8-5-9-15-23/h4-19,29H,3,20H2,1-2H3,(H,33,38). The van der Waals surface area contributed by atoms with Crippen LogP contribution in [0, 0.1) is 6.92 Å². The van der Waals surface area contributed by atoms with Crippen LogP contribution < -0.4 is 5.32 Å². The van der Waals surface area contributed by atoms with Gasteiger partial charge in [-0.15, -0.1) is 0 Å². The summed E-state index contributed by atoms with van der Waals surface area (Å²) in [4.78, 5) is 16.0. The van der Waals surface area contributed by atoms with Gasteiger partial charge in [0.15, 0.2) is 0 Å². The topological polar surface area (TPSA) is 55.1 Å². The number of nitrogens with one attached hydrogen (secondary N) is 1. The highest BCUT2D eigenvalue weighted by atomic mass is 35.5. The monoisotopic (exact) mass is 521 g/mol. The SMILES string of the molecule is CCc1nn(-c2ccccc2)c2c1CN(C(=O)Nc1cccc(Cl)c1C)C(c1ccccc1)c1cccn1-2. The van der Waals surface area contributed by atoms with Crippen molar-refractivity contribution < 1.29 is 4.79 Å². The first-order valence-corrected chi connectivity index (χ1v) is 13.2. The summed E-state index contributed by atoms with van der Waals surface area (Å²) >= 11 is 6.37. The highest BCUT2D eigenvalue weighted by Gasteiger charge is 2.36. The van der Waals surface area contributed by atoms with Crippen LogP contribution in [0.15, 0.2) is 97.2 Å². The molecule has 1 N–H and O–H groups in total. The third-order valence-corrected chi connectivity index (χ3v) is 7.60. The van der Waals surface area contributed by atoms with Crippen molar-refractivity contribution in [3.63, 3.8) is 0 Å². The van der Waals surface area contributed by atoms with Gasteiger partial charge in [0.1, 0.15) is 5.82 Å². The summed E-state index contributed by atoms with van der Waals surface area (Å²) in [5, 5.41) is 8.78. The van der Waals surface area contributed by atoms with Crippen molar-refractivity contribution in [2.24, 2.45) is 0 Å². The number of carbonyl (C=O) groups excluding carboxylic acids is 1. The predicted octanol–water partition coefficient (Wildman–Crippen LogP) is 7.32. The van der Waals surface area contributed by atoms with E-state index in [9.17, 15) is 4.79 Å². The molecule has 190 valence electrons. The molecule has 0 fully saturated rings. The van der Waals surface area contributed by atoms with Crippen LogP contribution in [0.2, 0.25) is 5.02 Å². The van der Waals surface area contributed by atoms with Crippen molar-refractivity contribution in [1.82, 2.24) is 19.2 Å². The minimum atomic E-state index is -0.313. The number of nitrogens with zero attached hydrogens (tertiary/aromatic N) is 4. The van der Waals surface area contributed by atoms with Gasteiger partial charge in [-0.05, 0) is 60.9 Å². The maximum Gasteiger partial charge on any atom is 0.322 e. The summed E-state index contributed by atoms with van der Waals surface area (Å²) in [7, 11) is 0. The summed E-state index contributed by atoms with van der Waals surface area (Å²) in [5.74, 6) is 0.961. The van der Waals surface area contributed by atoms with Gasteiger partial charge in [0.2, 0.25) is 0 Å². The van der Waals surface area contributed by atoms with Gasteiger partial charge in [-0.3, -0.25) is 0 Å². The summed E-state index contributed by atoms with van der Waals surface area (Å²) in [6.45, 7) is 4.42. The summed E-state index contributed by atoms with van der Waals surface area (Å²) in [6, 6.07) is 29.5. The molecule has 2 amide bonds. The molecule has 0 aliphatic carbocycles. The Labute approximate surface area is 227 Å². The second kappa shape index (κ2) is 9.88. The molecule has 1 aliphatic heterocycles. The molecule has 7 heteroatoms. The Morgan fingerprint density at radius 3 is 2.45 bits per heavy atom. The number of urea groups is 1. The van der Waals surface area contributed by atoms with Crippen LogP contribution in [-0.2, 0) is 13.0 Å². The Morgan fingerprint density at radius 2 is 1.71 bits per heavy atom. The maximum absolute atomic E-state index is 14.1. The van der Waals surface area contributed by atoms with Crippen molar-refractivity contribution >= 4 is 23.3 Å². The number of fused-ring (bicyclic) bond motifs is 3. The molecule has 3 heterocycles. The highest BCUT2D eigenvalue weighted by molar-refractivity contribution is 6.31. The lowest BCUT2D eigenvalue weighted by Gasteiger charge is -2.31. The van der Waals surface area contributed by atoms with Gasteiger partial charge >= 0.3 is 6.03 Å². The van der Waals surface area contributed by atoms with E-state index in [0.29, 0.717) is 17.3 Å². The van der Waals surface area contributed by atoms with Crippen LogP contribution in [0.5, 0.6) is 0 Å². The number of anilines is 1. The van der Waals surface area contributed by atoms with Crippen LogP contribution in [0.4, 0.5) is 10.5 Å². The van der Waals surface area contributed by atoms with Gasteiger partial charge in [-0.2, -0.15) is 5.10 Å². The van der Waals surface area contributed by atoms with Crippen molar-refractivity contribution in [3.05, 3.63) is 130 Å². The molecule has 0 saturated heterocycles. The fourth-order valence-electron chi connectivity index (χ4n) is 5.26. The van der Waals surface area contributed by atoms with Gasteiger partial charge in [0, 0.05) is 22.5 Å². The summed E-state index contributed by atoms with van der Waals surface area (Å²) in [5.41, 5.74) is 6.54. The number of aromatic nitrogens is 3. The van der Waals surface area contributed by atoms with Crippen molar-refractivity contribution in [2.75, 3.05) is 5.32 Å². The number of halogens is 1. The van der Waals surface area contributed by atoms with Crippen molar-refractivity contribution in [1.29, 1.82) is 0 Å². The molecule has 6 nitrogen and oxygen atoms in total. The number of aryl methyl sites for hydroxylation is 1. The molecule has 0 spiro atoms. The minimum Gasteiger partial charge on any atom is -0.307 e. The van der Waals surface area contributed by atoms with Crippen molar-refractivity contribution in [3.8, 4) is 11.5 Å². The summed E-state index contributed by atoms with van der Waals surface area (Å²) < 4.78 is 4.19. The molecule has 0 bridgehead atoms. The molecule has 38 heavy (non-hydrogen) atoms. The van der Waals surface area contributed by atoms with Gasteiger partial charge in [0.25, 0.3) is 0 Å². The zero-order valence-corrected chi connectivity index (χ0v) is 22.1. The first-order chi connectivity index (χ1) is 18.6. The van der Waals surface area contributed by atoms with Gasteiger partial charge < -0.3 is 14.8 Å². The number of benzene rings is 3. The van der Waals surface area contributed by atoms with E-state index in [2.05, 4.69) is 53.3 Å². The molecular weight excluding hydrogens is 494 g/mol. The quantitative estimate of drug-likeness (QED) is 0.269. The van der Waals surface area contributed by atoms with Gasteiger partial charge in [0.05, 0.1) is 29.7 Å². The predicted molar refractivity (Wildman–Crippen MR) is 151 cm³/mol. The van der Waals surface area contributed by atoms with Crippen molar-refractivity contribution in [2.45, 2.75) is 32.9 Å². The largest absolute Gasteiger partial charge is 0.322 e. The van der Waals surface area contributed by atoms with E-state index < -0.39 is 0 Å². The third kappa shape index (κ3) is 4.07. The smallest absolute Gasteiger partial charge is 0.307 e. The first-order valence-electron chi connectivity index (χ1n) is 12.8. The zero-order chi connectivity index (χ0) is 26.2. The lowest BCUT2D eigenvalue weighted by atomic mass is 10.0. The fourth-order valence-corrected chi connectivity index (χ4v) is 5.44. The van der Waals surface area contributed by atoms with Crippen LogP contribution >= 0.6 is 11.6 Å². The number of hydrogen-bond donors (Lipinski definition) is 1. The first kappa shape index (κ1) is 24.1. The second-order valence-corrected chi connectivity index (χ2v) is 9.84. The zero-order valence-electron chi connectivity index (χ0n) is 21.3. The van der Waals surface area contributed by atoms with E-state index in [1.807, 2.05) is 77.2 Å². The number of rotatable bonds is 4. The Bertz CT molecular complexity index is 1610. The molecule has 0 radical (unpaired) electrons. The number of para-hydroxylation sites is 1. The molecule has 1 atom stereocenters. The molecule has 0 saturated carbocycles. The average molecular weight is 522 g/mol. The minimum absolute atomic E-state index is 0.195. The number of carbonyl (C=O) groups is 1. The molecule has 1 aliphatic rings. The van der Waals surface area contributed by atoms with Crippen LogP contribution in [0.25, 0.3) is 11.5 Å². The van der Waals surface area contributed by atoms with Gasteiger partial charge in [-0.25, -0.2) is 9.48 Å². The Kier molecular flexibility index (Phi) is 6.26.